The standard InChI is InChI=1S/C25H30N2O5/c1-5-30-22(28)15-18-16-31-21-9-6-17-14-19(7-8-20(17)23(18)21)26-10-12-27(13-11-26)24(29)32-25(2,3)4/h6-9,14,16H,5,10-13,15H2,1-4H3. The number of carbonyl (C=O) groups excluding carboxylic acids is 2. The summed E-state index contributed by atoms with van der Waals surface area (Å²) in [6.45, 7) is 10.5. The number of esters is 1. The maximum Gasteiger partial charge on any atom is 0.410 e. The average Bonchev–Trinajstić information content (AvgIpc) is 3.15. The highest BCUT2D eigenvalue weighted by Gasteiger charge is 2.26. The van der Waals surface area contributed by atoms with Crippen LogP contribution in [0.4, 0.5) is 10.5 Å². The fourth-order valence-electron chi connectivity index (χ4n) is 4.09. The molecule has 2 aromatic carbocycles. The van der Waals surface area contributed by atoms with Crippen LogP contribution < -0.4 is 4.90 Å². The van der Waals surface area contributed by atoms with Gasteiger partial charge >= 0.3 is 12.1 Å². The second-order valence-electron chi connectivity index (χ2n) is 9.04. The monoisotopic (exact) mass is 438 g/mol. The summed E-state index contributed by atoms with van der Waals surface area (Å²) in [6, 6.07) is 10.3. The van der Waals surface area contributed by atoms with Gasteiger partial charge in [-0.05, 0) is 56.7 Å². The molecule has 1 aromatic heterocycles. The molecule has 32 heavy (non-hydrogen) atoms. The number of hydrogen-bond donors (Lipinski definition) is 0. The van der Waals surface area contributed by atoms with Crippen LogP contribution in [0.5, 0.6) is 0 Å². The van der Waals surface area contributed by atoms with Crippen LogP contribution in [0.2, 0.25) is 0 Å². The molecule has 170 valence electrons. The zero-order chi connectivity index (χ0) is 22.9. The highest BCUT2D eigenvalue weighted by Crippen LogP contribution is 2.33. The van der Waals surface area contributed by atoms with E-state index in [2.05, 4.69) is 23.1 Å². The van der Waals surface area contributed by atoms with E-state index in [1.807, 2.05) is 32.9 Å². The molecule has 0 bridgehead atoms. The molecule has 1 saturated heterocycles. The third kappa shape index (κ3) is 4.66. The van der Waals surface area contributed by atoms with E-state index in [1.54, 1.807) is 18.1 Å². The van der Waals surface area contributed by atoms with Crippen LogP contribution in [0.15, 0.2) is 41.0 Å². The molecule has 7 nitrogen and oxygen atoms in total. The van der Waals surface area contributed by atoms with Crippen molar-refractivity contribution in [1.29, 1.82) is 0 Å². The van der Waals surface area contributed by atoms with Crippen LogP contribution in [-0.2, 0) is 20.7 Å². The Morgan fingerprint density at radius 1 is 1.06 bits per heavy atom. The third-order valence-electron chi connectivity index (χ3n) is 5.55. The van der Waals surface area contributed by atoms with Gasteiger partial charge in [0.1, 0.15) is 11.2 Å². The maximum atomic E-state index is 12.3. The molecule has 0 radical (unpaired) electrons. The molecular formula is C25H30N2O5. The van der Waals surface area contributed by atoms with E-state index in [0.717, 1.165) is 46.1 Å². The normalized spacial score (nSPS) is 14.8. The number of hydrogen-bond acceptors (Lipinski definition) is 6. The fraction of sp³-hybridized carbons (Fsp3) is 0.440. The first-order valence-corrected chi connectivity index (χ1v) is 11.1. The lowest BCUT2D eigenvalue weighted by molar-refractivity contribution is -0.142. The van der Waals surface area contributed by atoms with Gasteiger partial charge in [-0.25, -0.2) is 4.79 Å². The molecule has 4 rings (SSSR count). The molecule has 0 atom stereocenters. The first-order chi connectivity index (χ1) is 15.2. The number of nitrogens with zero attached hydrogens (tertiary/aromatic N) is 2. The molecule has 1 aliphatic heterocycles. The summed E-state index contributed by atoms with van der Waals surface area (Å²) >= 11 is 0. The molecule has 1 aliphatic rings. The van der Waals surface area contributed by atoms with Crippen LogP contribution in [-0.4, -0.2) is 55.3 Å². The number of fused-ring (bicyclic) bond motifs is 3. The van der Waals surface area contributed by atoms with E-state index in [9.17, 15) is 9.59 Å². The van der Waals surface area contributed by atoms with E-state index >= 15 is 0 Å². The number of ether oxygens (including phenoxy) is 2. The van der Waals surface area contributed by atoms with Crippen molar-refractivity contribution < 1.29 is 23.5 Å². The van der Waals surface area contributed by atoms with Gasteiger partial charge in [0.25, 0.3) is 0 Å². The zero-order valence-corrected chi connectivity index (χ0v) is 19.1. The lowest BCUT2D eigenvalue weighted by atomic mass is 10.0. The van der Waals surface area contributed by atoms with Gasteiger partial charge < -0.3 is 23.7 Å². The third-order valence-corrected chi connectivity index (χ3v) is 5.55. The number of rotatable bonds is 4. The predicted octanol–water partition coefficient (Wildman–Crippen LogP) is 4.75. The molecule has 0 unspecified atom stereocenters. The van der Waals surface area contributed by atoms with E-state index in [1.165, 1.54) is 0 Å². The van der Waals surface area contributed by atoms with Gasteiger partial charge in [-0.15, -0.1) is 0 Å². The Hall–Kier alpha value is -3.22. The van der Waals surface area contributed by atoms with Crippen LogP contribution in [0.1, 0.15) is 33.3 Å². The van der Waals surface area contributed by atoms with Crippen molar-refractivity contribution in [3.05, 3.63) is 42.2 Å². The Bertz CT molecular complexity index is 1140. The smallest absolute Gasteiger partial charge is 0.410 e. The van der Waals surface area contributed by atoms with Crippen molar-refractivity contribution in [2.75, 3.05) is 37.7 Å². The summed E-state index contributed by atoms with van der Waals surface area (Å²) in [5.41, 5.74) is 2.21. The lowest BCUT2D eigenvalue weighted by Crippen LogP contribution is -2.50. The highest BCUT2D eigenvalue weighted by molar-refractivity contribution is 6.09. The van der Waals surface area contributed by atoms with E-state index in [4.69, 9.17) is 13.9 Å². The minimum atomic E-state index is -0.489. The van der Waals surface area contributed by atoms with E-state index in [-0.39, 0.29) is 18.5 Å². The Kier molecular flexibility index (Phi) is 6.00. The molecule has 7 heteroatoms. The Labute approximate surface area is 187 Å². The Balaban J connectivity index is 1.53. The van der Waals surface area contributed by atoms with Gasteiger partial charge in [0.2, 0.25) is 0 Å². The van der Waals surface area contributed by atoms with Crippen molar-refractivity contribution in [2.45, 2.75) is 39.7 Å². The molecule has 0 spiro atoms. The number of benzene rings is 2. The van der Waals surface area contributed by atoms with E-state index < -0.39 is 5.60 Å². The van der Waals surface area contributed by atoms with Gasteiger partial charge in [-0.3, -0.25) is 4.79 Å². The minimum Gasteiger partial charge on any atom is -0.466 e. The predicted molar refractivity (Wildman–Crippen MR) is 124 cm³/mol. The Morgan fingerprint density at radius 3 is 2.50 bits per heavy atom. The number of anilines is 1. The topological polar surface area (TPSA) is 72.2 Å². The summed E-state index contributed by atoms with van der Waals surface area (Å²) in [6.07, 6.45) is 1.58. The highest BCUT2D eigenvalue weighted by atomic mass is 16.6. The summed E-state index contributed by atoms with van der Waals surface area (Å²) in [7, 11) is 0. The molecule has 0 N–H and O–H groups in total. The van der Waals surface area contributed by atoms with Gasteiger partial charge in [0, 0.05) is 42.8 Å². The first-order valence-electron chi connectivity index (χ1n) is 11.1. The van der Waals surface area contributed by atoms with Crippen LogP contribution in [0.3, 0.4) is 0 Å². The minimum absolute atomic E-state index is 0.189. The van der Waals surface area contributed by atoms with Gasteiger partial charge in [-0.2, -0.15) is 0 Å². The van der Waals surface area contributed by atoms with Crippen molar-refractivity contribution in [1.82, 2.24) is 4.90 Å². The molecular weight excluding hydrogens is 408 g/mol. The van der Waals surface area contributed by atoms with Gasteiger partial charge in [-0.1, -0.05) is 12.1 Å². The van der Waals surface area contributed by atoms with Crippen LogP contribution >= 0.6 is 0 Å². The summed E-state index contributed by atoms with van der Waals surface area (Å²) in [5.74, 6) is -0.258. The first kappa shape index (κ1) is 22.0. The molecule has 0 aliphatic carbocycles. The number of furan rings is 1. The van der Waals surface area contributed by atoms with Crippen molar-refractivity contribution in [3.8, 4) is 0 Å². The van der Waals surface area contributed by atoms with Crippen LogP contribution in [0.25, 0.3) is 21.7 Å². The fourth-order valence-corrected chi connectivity index (χ4v) is 4.09. The van der Waals surface area contributed by atoms with Gasteiger partial charge in [0.05, 0.1) is 19.3 Å². The van der Waals surface area contributed by atoms with Crippen LogP contribution in [0, 0.1) is 0 Å². The molecule has 1 amide bonds. The summed E-state index contributed by atoms with van der Waals surface area (Å²) in [4.78, 5) is 28.4. The molecule has 3 aromatic rings. The summed E-state index contributed by atoms with van der Waals surface area (Å²) < 4.78 is 16.3. The summed E-state index contributed by atoms with van der Waals surface area (Å²) in [5, 5.41) is 3.08. The van der Waals surface area contributed by atoms with Crippen molar-refractivity contribution >= 4 is 39.5 Å². The second-order valence-corrected chi connectivity index (χ2v) is 9.04. The lowest BCUT2D eigenvalue weighted by Gasteiger charge is -2.36. The van der Waals surface area contributed by atoms with E-state index in [0.29, 0.717) is 19.7 Å². The average molecular weight is 439 g/mol. The molecule has 1 fully saturated rings. The maximum absolute atomic E-state index is 12.3. The SMILES string of the molecule is CCOC(=O)Cc1coc2ccc3cc(N4CCN(C(=O)OC(C)(C)C)CC4)ccc3c12. The second kappa shape index (κ2) is 8.73. The molecule has 0 saturated carbocycles. The van der Waals surface area contributed by atoms with Gasteiger partial charge in [0.15, 0.2) is 0 Å². The number of carbonyl (C=O) groups is 2. The number of amides is 1. The zero-order valence-electron chi connectivity index (χ0n) is 19.1. The van der Waals surface area contributed by atoms with Crippen molar-refractivity contribution in [2.24, 2.45) is 0 Å². The van der Waals surface area contributed by atoms with Crippen molar-refractivity contribution in [3.63, 3.8) is 0 Å². The largest absolute Gasteiger partial charge is 0.466 e. The Morgan fingerprint density at radius 2 is 1.81 bits per heavy atom. The quantitative estimate of drug-likeness (QED) is 0.548. The molecule has 2 heterocycles. The number of piperazine rings is 1.